The number of aromatic amines is 1. The van der Waals surface area contributed by atoms with E-state index >= 15 is 0 Å². The van der Waals surface area contributed by atoms with Gasteiger partial charge in [-0.25, -0.2) is 4.79 Å². The number of carbonyl (C=O) groups excluding carboxylic acids is 1. The Kier molecular flexibility index (Phi) is 7.60. The molecule has 1 aliphatic rings. The first-order chi connectivity index (χ1) is 13.7. The number of nitrogens with zero attached hydrogens (tertiary/aromatic N) is 1. The third-order valence-corrected chi connectivity index (χ3v) is 3.99. The lowest BCUT2D eigenvalue weighted by Crippen LogP contribution is -2.37. The molecule has 0 radical (unpaired) electrons. The maximum absolute atomic E-state index is 12.1. The van der Waals surface area contributed by atoms with Crippen molar-refractivity contribution >= 4 is 5.91 Å². The van der Waals surface area contributed by atoms with E-state index < -0.39 is 48.3 Å². The van der Waals surface area contributed by atoms with Crippen LogP contribution in [0, 0.1) is 11.8 Å². The van der Waals surface area contributed by atoms with E-state index in [1.54, 1.807) is 5.32 Å². The standard InChI is InChI=1S/C17H20F3N3O6/c1-2-6-28-11-7-13(29-12(11)9-24)23-8-10(14(25)22-16(23)27)4-3-5-21-15(26)17(18,19)20/h8,11-13,24H,2,5-7,9H2,1H3,(H,21,26)(H,22,25,27). The normalized spacial score (nSPS) is 21.5. The lowest BCUT2D eigenvalue weighted by molar-refractivity contribution is -0.173. The van der Waals surface area contributed by atoms with Crippen LogP contribution in [0.25, 0.3) is 0 Å². The highest BCUT2D eigenvalue weighted by Gasteiger charge is 2.38. The molecule has 29 heavy (non-hydrogen) atoms. The van der Waals surface area contributed by atoms with Crippen molar-refractivity contribution in [3.8, 4) is 11.8 Å². The Morgan fingerprint density at radius 2 is 2.21 bits per heavy atom. The molecule has 1 aliphatic heterocycles. The molecule has 2 rings (SSSR count). The third-order valence-electron chi connectivity index (χ3n) is 3.99. The van der Waals surface area contributed by atoms with Crippen LogP contribution >= 0.6 is 0 Å². The van der Waals surface area contributed by atoms with Crippen molar-refractivity contribution in [1.82, 2.24) is 14.9 Å². The Labute approximate surface area is 162 Å². The molecule has 0 bridgehead atoms. The summed E-state index contributed by atoms with van der Waals surface area (Å²) < 4.78 is 48.6. The molecule has 3 N–H and O–H groups in total. The fraction of sp³-hybridized carbons (Fsp3) is 0.588. The first kappa shape index (κ1) is 22.7. The minimum atomic E-state index is -5.04. The van der Waals surface area contributed by atoms with E-state index in [2.05, 4.69) is 11.8 Å². The van der Waals surface area contributed by atoms with Crippen LogP contribution in [0.3, 0.4) is 0 Å². The van der Waals surface area contributed by atoms with Crippen LogP contribution in [-0.2, 0) is 14.3 Å². The average molecular weight is 419 g/mol. The maximum atomic E-state index is 12.1. The summed E-state index contributed by atoms with van der Waals surface area (Å²) >= 11 is 0. The fourth-order valence-electron chi connectivity index (χ4n) is 2.63. The molecule has 3 unspecified atom stereocenters. The van der Waals surface area contributed by atoms with Crippen molar-refractivity contribution in [3.05, 3.63) is 32.6 Å². The quantitative estimate of drug-likeness (QED) is 0.542. The number of hydrogen-bond donors (Lipinski definition) is 3. The zero-order chi connectivity index (χ0) is 21.6. The molecule has 2 heterocycles. The zero-order valence-electron chi connectivity index (χ0n) is 15.4. The molecular weight excluding hydrogens is 399 g/mol. The fourth-order valence-corrected chi connectivity index (χ4v) is 2.63. The van der Waals surface area contributed by atoms with Crippen LogP contribution in [0.1, 0.15) is 31.6 Å². The predicted molar refractivity (Wildman–Crippen MR) is 92.9 cm³/mol. The highest BCUT2D eigenvalue weighted by molar-refractivity contribution is 5.81. The van der Waals surface area contributed by atoms with E-state index in [1.165, 1.54) is 0 Å². The number of rotatable bonds is 6. The van der Waals surface area contributed by atoms with Crippen molar-refractivity contribution in [3.63, 3.8) is 0 Å². The average Bonchev–Trinajstić information content (AvgIpc) is 3.06. The van der Waals surface area contributed by atoms with Gasteiger partial charge in [-0.2, -0.15) is 13.2 Å². The van der Waals surface area contributed by atoms with Crippen LogP contribution in [-0.4, -0.2) is 58.7 Å². The molecule has 0 aliphatic carbocycles. The molecule has 3 atom stereocenters. The summed E-state index contributed by atoms with van der Waals surface area (Å²) in [5, 5.41) is 11.0. The van der Waals surface area contributed by atoms with E-state index in [4.69, 9.17) is 9.47 Å². The van der Waals surface area contributed by atoms with Gasteiger partial charge in [0.15, 0.2) is 0 Å². The maximum Gasteiger partial charge on any atom is 0.471 e. The van der Waals surface area contributed by atoms with Crippen molar-refractivity contribution < 1.29 is 32.5 Å². The van der Waals surface area contributed by atoms with Gasteiger partial charge in [-0.1, -0.05) is 18.8 Å². The number of amides is 1. The SMILES string of the molecule is CCCOC1CC(n2cc(C#CCNC(=O)C(F)(F)F)c(=O)[nH]c2=O)OC1CO. The van der Waals surface area contributed by atoms with Crippen LogP contribution in [0.4, 0.5) is 13.2 Å². The van der Waals surface area contributed by atoms with Gasteiger partial charge < -0.3 is 19.9 Å². The Morgan fingerprint density at radius 3 is 2.83 bits per heavy atom. The summed E-state index contributed by atoms with van der Waals surface area (Å²) in [6, 6.07) is 0. The molecule has 1 amide bonds. The first-order valence-corrected chi connectivity index (χ1v) is 8.74. The van der Waals surface area contributed by atoms with Crippen molar-refractivity contribution in [2.24, 2.45) is 0 Å². The summed E-state index contributed by atoms with van der Waals surface area (Å²) in [6.07, 6.45) is -4.86. The van der Waals surface area contributed by atoms with E-state index in [0.717, 1.165) is 17.2 Å². The third kappa shape index (κ3) is 5.93. The number of hydrogen-bond acceptors (Lipinski definition) is 6. The lowest BCUT2D eigenvalue weighted by Gasteiger charge is -2.16. The molecule has 0 saturated carbocycles. The number of ether oxygens (including phenoxy) is 2. The molecular formula is C17H20F3N3O6. The number of alkyl halides is 3. The molecule has 1 saturated heterocycles. The monoisotopic (exact) mass is 419 g/mol. The van der Waals surface area contributed by atoms with E-state index in [1.807, 2.05) is 11.9 Å². The molecule has 0 spiro atoms. The summed E-state index contributed by atoms with van der Waals surface area (Å²) in [5.41, 5.74) is -1.81. The molecule has 12 heteroatoms. The van der Waals surface area contributed by atoms with E-state index in [-0.39, 0.29) is 18.6 Å². The largest absolute Gasteiger partial charge is 0.471 e. The first-order valence-electron chi connectivity index (χ1n) is 8.74. The van der Waals surface area contributed by atoms with Crippen LogP contribution in [0.2, 0.25) is 0 Å². The highest BCUT2D eigenvalue weighted by atomic mass is 19.4. The van der Waals surface area contributed by atoms with Crippen LogP contribution in [0.15, 0.2) is 15.8 Å². The number of aromatic nitrogens is 2. The zero-order valence-corrected chi connectivity index (χ0v) is 15.4. The molecule has 1 aromatic rings. The Balaban J connectivity index is 2.16. The van der Waals surface area contributed by atoms with Crippen molar-refractivity contribution in [2.45, 2.75) is 44.4 Å². The van der Waals surface area contributed by atoms with Gasteiger partial charge in [-0.15, -0.1) is 0 Å². The van der Waals surface area contributed by atoms with Gasteiger partial charge in [-0.05, 0) is 6.42 Å². The number of halogens is 3. The second kappa shape index (κ2) is 9.73. The summed E-state index contributed by atoms with van der Waals surface area (Å²) in [5.74, 6) is 2.37. The van der Waals surface area contributed by atoms with Crippen molar-refractivity contribution in [1.29, 1.82) is 0 Å². The number of nitrogens with one attached hydrogen (secondary N) is 2. The molecule has 160 valence electrons. The minimum Gasteiger partial charge on any atom is -0.394 e. The van der Waals surface area contributed by atoms with Gasteiger partial charge in [-0.3, -0.25) is 19.1 Å². The molecule has 1 fully saturated rings. The van der Waals surface area contributed by atoms with E-state index in [9.17, 15) is 32.7 Å². The van der Waals surface area contributed by atoms with Gasteiger partial charge in [0.1, 0.15) is 17.9 Å². The second-order valence-corrected chi connectivity index (χ2v) is 6.15. The number of aliphatic hydroxyl groups is 1. The number of carbonyl (C=O) groups is 1. The van der Waals surface area contributed by atoms with E-state index in [0.29, 0.717) is 6.61 Å². The van der Waals surface area contributed by atoms with Crippen LogP contribution in [0.5, 0.6) is 0 Å². The minimum absolute atomic E-state index is 0.201. The topological polar surface area (TPSA) is 123 Å². The molecule has 9 nitrogen and oxygen atoms in total. The summed E-state index contributed by atoms with van der Waals surface area (Å²) in [6.45, 7) is 1.39. The van der Waals surface area contributed by atoms with Gasteiger partial charge >= 0.3 is 17.8 Å². The van der Waals surface area contributed by atoms with Gasteiger partial charge in [0.25, 0.3) is 5.56 Å². The number of aliphatic hydroxyl groups excluding tert-OH is 1. The Morgan fingerprint density at radius 1 is 1.48 bits per heavy atom. The predicted octanol–water partition coefficient (Wildman–Crippen LogP) is -0.358. The van der Waals surface area contributed by atoms with Gasteiger partial charge in [0.2, 0.25) is 0 Å². The second-order valence-electron chi connectivity index (χ2n) is 6.15. The van der Waals surface area contributed by atoms with Crippen molar-refractivity contribution in [2.75, 3.05) is 19.8 Å². The van der Waals surface area contributed by atoms with Crippen LogP contribution < -0.4 is 16.6 Å². The highest BCUT2D eigenvalue weighted by Crippen LogP contribution is 2.29. The Bertz CT molecular complexity index is 899. The smallest absolute Gasteiger partial charge is 0.394 e. The van der Waals surface area contributed by atoms with Gasteiger partial charge in [0.05, 0.1) is 19.3 Å². The Hall–Kier alpha value is -2.62. The summed E-state index contributed by atoms with van der Waals surface area (Å²) in [7, 11) is 0. The number of H-pyrrole nitrogens is 1. The molecule has 1 aromatic heterocycles. The van der Waals surface area contributed by atoms with Gasteiger partial charge in [0, 0.05) is 19.2 Å². The lowest BCUT2D eigenvalue weighted by atomic mass is 10.2. The summed E-state index contributed by atoms with van der Waals surface area (Å²) in [4.78, 5) is 36.8. The molecule has 0 aromatic carbocycles.